The highest BCUT2D eigenvalue weighted by Crippen LogP contribution is 2.33. The predicted octanol–water partition coefficient (Wildman–Crippen LogP) is 3.51. The first-order valence-corrected chi connectivity index (χ1v) is 9.83. The topological polar surface area (TPSA) is 106 Å². The third-order valence-corrected chi connectivity index (χ3v) is 5.12. The highest BCUT2D eigenvalue weighted by Gasteiger charge is 2.21. The lowest BCUT2D eigenvalue weighted by Crippen LogP contribution is -2.16. The van der Waals surface area contributed by atoms with E-state index in [1.54, 1.807) is 0 Å². The smallest absolute Gasteiger partial charge is 0.267 e. The number of H-pyrrole nitrogens is 1. The second kappa shape index (κ2) is 8.20. The normalized spacial score (nSPS) is 11.4. The number of nitrogens with zero attached hydrogens (tertiary/aromatic N) is 1. The molecule has 0 fully saturated rings. The average Bonchev–Trinajstić information content (AvgIpc) is 2.69. The monoisotopic (exact) mass is 439 g/mol. The van der Waals surface area contributed by atoms with E-state index in [-0.39, 0.29) is 32.8 Å². The van der Waals surface area contributed by atoms with Gasteiger partial charge in [0.1, 0.15) is 5.82 Å². The first-order chi connectivity index (χ1) is 14.1. The number of halogens is 4. The van der Waals surface area contributed by atoms with Crippen molar-refractivity contribution >= 4 is 10.0 Å². The fraction of sp³-hybridized carbons (Fsp3) is 0.0526. The Balaban J connectivity index is 2.31. The maximum atomic E-state index is 13.7. The van der Waals surface area contributed by atoms with Crippen LogP contribution in [0.3, 0.4) is 0 Å². The van der Waals surface area contributed by atoms with Crippen molar-refractivity contribution in [1.82, 2.24) is 10.2 Å². The van der Waals surface area contributed by atoms with E-state index in [2.05, 4.69) is 10.2 Å². The number of hydrogen-bond donors (Lipinski definition) is 2. The van der Waals surface area contributed by atoms with Crippen LogP contribution in [-0.2, 0) is 16.4 Å². The molecule has 0 aliphatic heterocycles. The van der Waals surface area contributed by atoms with Crippen LogP contribution in [0, 0.1) is 5.82 Å². The van der Waals surface area contributed by atoms with Crippen LogP contribution in [0.5, 0.6) is 0 Å². The molecule has 30 heavy (non-hydrogen) atoms. The molecule has 11 heteroatoms. The van der Waals surface area contributed by atoms with Crippen LogP contribution in [0.2, 0.25) is 0 Å². The van der Waals surface area contributed by atoms with Crippen molar-refractivity contribution in [1.29, 1.82) is 0 Å². The van der Waals surface area contributed by atoms with Gasteiger partial charge in [0, 0.05) is 12.0 Å². The molecular formula is C19H13F4N3O3S. The first-order valence-electron chi connectivity index (χ1n) is 8.28. The molecule has 2 aromatic carbocycles. The molecular weight excluding hydrogens is 426 g/mol. The van der Waals surface area contributed by atoms with E-state index in [1.165, 1.54) is 24.3 Å². The lowest BCUT2D eigenvalue weighted by atomic mass is 9.93. The summed E-state index contributed by atoms with van der Waals surface area (Å²) >= 11 is 0. The molecule has 0 saturated heterocycles. The third kappa shape index (κ3) is 4.47. The van der Waals surface area contributed by atoms with Crippen LogP contribution in [0.25, 0.3) is 22.3 Å². The van der Waals surface area contributed by atoms with E-state index in [4.69, 9.17) is 5.14 Å². The molecule has 3 N–H and O–H groups in total. The molecule has 1 heterocycles. The molecule has 0 amide bonds. The van der Waals surface area contributed by atoms with E-state index in [0.717, 1.165) is 24.3 Å². The summed E-state index contributed by atoms with van der Waals surface area (Å²) in [5.74, 6) is -2.32. The molecule has 0 bridgehead atoms. The van der Waals surface area contributed by atoms with Gasteiger partial charge in [-0.15, -0.1) is 0 Å². The molecule has 3 aromatic rings. The Morgan fingerprint density at radius 2 is 1.47 bits per heavy atom. The molecule has 0 aliphatic rings. The lowest BCUT2D eigenvalue weighted by molar-refractivity contribution is 0.374. The maximum absolute atomic E-state index is 13.7. The quantitative estimate of drug-likeness (QED) is 0.594. The van der Waals surface area contributed by atoms with Crippen molar-refractivity contribution in [2.45, 2.75) is 11.3 Å². The van der Waals surface area contributed by atoms with Crippen LogP contribution in [0.1, 0.15) is 5.69 Å². The van der Waals surface area contributed by atoms with Crippen molar-refractivity contribution in [3.63, 3.8) is 0 Å². The number of aromatic nitrogens is 2. The first kappa shape index (κ1) is 21.4. The summed E-state index contributed by atoms with van der Waals surface area (Å²) in [6.45, 7) is 0. The number of allylic oxidation sites excluding steroid dienone is 1. The van der Waals surface area contributed by atoms with Crippen molar-refractivity contribution in [2.75, 3.05) is 0 Å². The fourth-order valence-corrected chi connectivity index (χ4v) is 3.36. The Morgan fingerprint density at radius 1 is 0.933 bits per heavy atom. The number of sulfonamides is 1. The van der Waals surface area contributed by atoms with Crippen molar-refractivity contribution in [2.24, 2.45) is 5.14 Å². The van der Waals surface area contributed by atoms with E-state index < -0.39 is 39.7 Å². The zero-order chi connectivity index (χ0) is 22.1. The largest absolute Gasteiger partial charge is 0.301 e. The minimum Gasteiger partial charge on any atom is -0.267 e. The number of benzene rings is 2. The highest BCUT2D eigenvalue weighted by atomic mass is 32.2. The van der Waals surface area contributed by atoms with Gasteiger partial charge in [0.15, 0.2) is 5.83 Å². The van der Waals surface area contributed by atoms with E-state index in [9.17, 15) is 30.8 Å². The van der Waals surface area contributed by atoms with Gasteiger partial charge in [0.25, 0.3) is 5.56 Å². The van der Waals surface area contributed by atoms with Gasteiger partial charge in [-0.3, -0.25) is 4.79 Å². The Kier molecular flexibility index (Phi) is 5.85. The molecule has 0 atom stereocenters. The number of rotatable bonds is 5. The minimum absolute atomic E-state index is 0.0114. The van der Waals surface area contributed by atoms with Crippen LogP contribution < -0.4 is 10.7 Å². The van der Waals surface area contributed by atoms with Crippen LogP contribution in [0.4, 0.5) is 17.6 Å². The van der Waals surface area contributed by atoms with Gasteiger partial charge in [-0.1, -0.05) is 24.3 Å². The molecule has 1 aromatic heterocycles. The number of nitrogens with two attached hydrogens (primary N) is 1. The Labute approximate surface area is 167 Å². The molecule has 0 saturated carbocycles. The second-order valence-corrected chi connectivity index (χ2v) is 7.73. The van der Waals surface area contributed by atoms with Gasteiger partial charge in [0.2, 0.25) is 10.0 Å². The van der Waals surface area contributed by atoms with Gasteiger partial charge in [0.05, 0.1) is 16.2 Å². The van der Waals surface area contributed by atoms with E-state index >= 15 is 0 Å². The second-order valence-electron chi connectivity index (χ2n) is 6.17. The fourth-order valence-electron chi connectivity index (χ4n) is 2.84. The van der Waals surface area contributed by atoms with Gasteiger partial charge >= 0.3 is 6.08 Å². The lowest BCUT2D eigenvalue weighted by Gasteiger charge is -2.14. The number of aromatic amines is 1. The molecule has 0 aliphatic carbocycles. The summed E-state index contributed by atoms with van der Waals surface area (Å²) in [5.41, 5.74) is -0.638. The molecule has 156 valence electrons. The molecule has 0 unspecified atom stereocenters. The molecule has 6 nitrogen and oxygen atoms in total. The molecule has 3 rings (SSSR count). The summed E-state index contributed by atoms with van der Waals surface area (Å²) < 4.78 is 75.3. The van der Waals surface area contributed by atoms with Crippen LogP contribution in [0.15, 0.2) is 70.1 Å². The number of nitrogens with one attached hydrogen (secondary N) is 1. The van der Waals surface area contributed by atoms with Crippen molar-refractivity contribution in [3.05, 3.63) is 82.3 Å². The van der Waals surface area contributed by atoms with Gasteiger partial charge in [-0.05, 0) is 35.4 Å². The Morgan fingerprint density at radius 3 is 2.00 bits per heavy atom. The number of primary sulfonamides is 1. The van der Waals surface area contributed by atoms with Gasteiger partial charge in [-0.2, -0.15) is 13.9 Å². The van der Waals surface area contributed by atoms with Crippen molar-refractivity contribution in [3.8, 4) is 22.3 Å². The SMILES string of the molecule is NS(=O)(=O)c1ccc(-c2c(CC(F)=C(F)F)n[nH]c(=O)c2-c2ccc(F)cc2)cc1. The van der Waals surface area contributed by atoms with E-state index in [0.29, 0.717) is 0 Å². The summed E-state index contributed by atoms with van der Waals surface area (Å²) in [6, 6.07) is 9.59. The number of hydrogen-bond acceptors (Lipinski definition) is 4. The molecule has 0 radical (unpaired) electrons. The summed E-state index contributed by atoms with van der Waals surface area (Å²) in [7, 11) is -4.01. The van der Waals surface area contributed by atoms with Gasteiger partial charge < -0.3 is 0 Å². The zero-order valence-electron chi connectivity index (χ0n) is 15.0. The summed E-state index contributed by atoms with van der Waals surface area (Å²) in [4.78, 5) is 12.3. The standard InChI is InChI=1S/C19H13F4N3O3S/c20-12-5-1-11(2-6-12)17-16(10-3-7-13(8-4-10)30(24,28)29)15(25-26-19(17)27)9-14(21)18(22)23/h1-8H,9H2,(H,26,27)(H2,24,28,29). The predicted molar refractivity (Wildman–Crippen MR) is 101 cm³/mol. The van der Waals surface area contributed by atoms with Crippen LogP contribution >= 0.6 is 0 Å². The summed E-state index contributed by atoms with van der Waals surface area (Å²) in [6.07, 6.45) is -3.47. The highest BCUT2D eigenvalue weighted by molar-refractivity contribution is 7.89. The van der Waals surface area contributed by atoms with E-state index in [1.807, 2.05) is 0 Å². The average molecular weight is 439 g/mol. The van der Waals surface area contributed by atoms with Crippen LogP contribution in [-0.4, -0.2) is 18.6 Å². The summed E-state index contributed by atoms with van der Waals surface area (Å²) in [5, 5.41) is 10.9. The minimum atomic E-state index is -4.01. The van der Waals surface area contributed by atoms with Gasteiger partial charge in [-0.25, -0.2) is 27.4 Å². The zero-order valence-corrected chi connectivity index (χ0v) is 15.8. The third-order valence-electron chi connectivity index (χ3n) is 4.19. The molecule has 0 spiro atoms. The Bertz CT molecular complexity index is 1280. The Hall–Kier alpha value is -3.31. The van der Waals surface area contributed by atoms with Crippen molar-refractivity contribution < 1.29 is 26.0 Å². The maximum Gasteiger partial charge on any atom is 0.301 e.